The lowest BCUT2D eigenvalue weighted by molar-refractivity contribution is -0.190. The molecule has 1 aliphatic rings. The van der Waals surface area contributed by atoms with Gasteiger partial charge in [-0.05, 0) is 47.9 Å². The highest BCUT2D eigenvalue weighted by Crippen LogP contribution is 2.34. The number of benzene rings is 3. The monoisotopic (exact) mass is 526 g/mol. The summed E-state index contributed by atoms with van der Waals surface area (Å²) < 4.78 is 71.1. The fraction of sp³-hybridized carbons (Fsp3) is 0.375. The maximum atomic E-state index is 15.1. The molecule has 3 aromatic carbocycles. The molecule has 0 N–H and O–H groups in total. The highest BCUT2D eigenvalue weighted by Gasteiger charge is 2.27. The van der Waals surface area contributed by atoms with Crippen molar-refractivity contribution in [1.82, 2.24) is 0 Å². The fourth-order valence-corrected chi connectivity index (χ4v) is 4.73. The van der Waals surface area contributed by atoms with Crippen molar-refractivity contribution < 1.29 is 27.0 Å². The Hall–Kier alpha value is -2.96. The first-order valence-corrected chi connectivity index (χ1v) is 13.4. The van der Waals surface area contributed by atoms with Gasteiger partial charge in [-0.1, -0.05) is 87.4 Å². The van der Waals surface area contributed by atoms with Gasteiger partial charge in [-0.15, -0.1) is 0 Å². The first kappa shape index (κ1) is 28.1. The second kappa shape index (κ2) is 13.2. The lowest BCUT2D eigenvalue weighted by Gasteiger charge is -2.30. The SMILES string of the molecule is CCC=CCc1ccc(-c2ccc(-c3ccc(C4COC(CCCCC)OC4)c(F)c3F)cc2)c(F)c1F. The van der Waals surface area contributed by atoms with E-state index in [9.17, 15) is 8.78 Å². The summed E-state index contributed by atoms with van der Waals surface area (Å²) in [6.45, 7) is 4.65. The van der Waals surface area contributed by atoms with Gasteiger partial charge in [-0.3, -0.25) is 0 Å². The highest BCUT2D eigenvalue weighted by molar-refractivity contribution is 5.71. The van der Waals surface area contributed by atoms with Gasteiger partial charge in [0.1, 0.15) is 0 Å². The van der Waals surface area contributed by atoms with Gasteiger partial charge in [0.2, 0.25) is 0 Å². The molecule has 1 fully saturated rings. The predicted molar refractivity (Wildman–Crippen MR) is 143 cm³/mol. The molecule has 1 heterocycles. The Labute approximate surface area is 222 Å². The Morgan fingerprint density at radius 2 is 1.32 bits per heavy atom. The summed E-state index contributed by atoms with van der Waals surface area (Å²) in [5.74, 6) is -4.07. The molecule has 38 heavy (non-hydrogen) atoms. The first-order chi connectivity index (χ1) is 18.4. The van der Waals surface area contributed by atoms with Crippen LogP contribution in [0.1, 0.15) is 63.0 Å². The molecular weight excluding hydrogens is 492 g/mol. The van der Waals surface area contributed by atoms with Crippen molar-refractivity contribution in [1.29, 1.82) is 0 Å². The number of allylic oxidation sites excluding steroid dienone is 2. The van der Waals surface area contributed by atoms with E-state index < -0.39 is 23.3 Å². The molecule has 0 amide bonds. The van der Waals surface area contributed by atoms with Crippen molar-refractivity contribution in [3.8, 4) is 22.3 Å². The molecule has 0 unspecified atom stereocenters. The van der Waals surface area contributed by atoms with Crippen LogP contribution < -0.4 is 0 Å². The molecule has 1 aliphatic heterocycles. The number of halogens is 4. The van der Waals surface area contributed by atoms with Crippen molar-refractivity contribution >= 4 is 0 Å². The van der Waals surface area contributed by atoms with E-state index in [4.69, 9.17) is 9.47 Å². The van der Waals surface area contributed by atoms with Crippen LogP contribution in [0.15, 0.2) is 60.7 Å². The fourth-order valence-electron chi connectivity index (χ4n) is 4.73. The van der Waals surface area contributed by atoms with Crippen LogP contribution in [0.2, 0.25) is 0 Å². The van der Waals surface area contributed by atoms with E-state index in [2.05, 4.69) is 6.92 Å². The van der Waals surface area contributed by atoms with Crippen LogP contribution in [-0.4, -0.2) is 19.5 Å². The predicted octanol–water partition coefficient (Wildman–Crippen LogP) is 9.12. The molecule has 3 aromatic rings. The van der Waals surface area contributed by atoms with Crippen molar-refractivity contribution in [2.75, 3.05) is 13.2 Å². The molecular formula is C32H34F4O2. The maximum Gasteiger partial charge on any atom is 0.166 e. The molecule has 202 valence electrons. The van der Waals surface area contributed by atoms with Crippen LogP contribution in [0.3, 0.4) is 0 Å². The molecule has 0 saturated carbocycles. The van der Waals surface area contributed by atoms with E-state index in [1.807, 2.05) is 19.1 Å². The lowest BCUT2D eigenvalue weighted by atomic mass is 9.94. The topological polar surface area (TPSA) is 18.5 Å². The van der Waals surface area contributed by atoms with E-state index in [0.717, 1.165) is 32.1 Å². The Kier molecular flexibility index (Phi) is 9.75. The maximum absolute atomic E-state index is 15.1. The Bertz CT molecular complexity index is 1250. The van der Waals surface area contributed by atoms with Gasteiger partial charge in [0.05, 0.1) is 13.2 Å². The highest BCUT2D eigenvalue weighted by atomic mass is 19.2. The minimum Gasteiger partial charge on any atom is -0.352 e. The summed E-state index contributed by atoms with van der Waals surface area (Å²) in [4.78, 5) is 0. The van der Waals surface area contributed by atoms with Crippen LogP contribution in [0.4, 0.5) is 17.6 Å². The summed E-state index contributed by atoms with van der Waals surface area (Å²) >= 11 is 0. The lowest BCUT2D eigenvalue weighted by Crippen LogP contribution is -2.31. The Morgan fingerprint density at radius 1 is 0.711 bits per heavy atom. The van der Waals surface area contributed by atoms with E-state index in [0.29, 0.717) is 17.5 Å². The van der Waals surface area contributed by atoms with E-state index in [-0.39, 0.29) is 47.7 Å². The number of hydrogen-bond donors (Lipinski definition) is 0. The third-order valence-corrected chi connectivity index (χ3v) is 6.97. The largest absolute Gasteiger partial charge is 0.352 e. The molecule has 6 heteroatoms. The number of ether oxygens (including phenoxy) is 2. The van der Waals surface area contributed by atoms with E-state index >= 15 is 8.78 Å². The molecule has 0 atom stereocenters. The summed E-state index contributed by atoms with van der Waals surface area (Å²) in [5.41, 5.74) is 1.60. The van der Waals surface area contributed by atoms with Gasteiger partial charge in [-0.25, -0.2) is 17.6 Å². The minimum absolute atomic E-state index is 0.0950. The van der Waals surface area contributed by atoms with Crippen LogP contribution in [0, 0.1) is 23.3 Å². The molecule has 0 aliphatic carbocycles. The summed E-state index contributed by atoms with van der Waals surface area (Å²) in [5, 5.41) is 0. The number of unbranched alkanes of at least 4 members (excludes halogenated alkanes) is 2. The quantitative estimate of drug-likeness (QED) is 0.149. The third kappa shape index (κ3) is 6.36. The Balaban J connectivity index is 1.48. The molecule has 0 radical (unpaired) electrons. The van der Waals surface area contributed by atoms with Crippen molar-refractivity contribution in [3.05, 3.63) is 95.1 Å². The molecule has 1 saturated heterocycles. The van der Waals surface area contributed by atoms with E-state index in [1.165, 1.54) is 6.07 Å². The molecule has 4 rings (SSSR count). The average molecular weight is 527 g/mol. The molecule has 2 nitrogen and oxygen atoms in total. The summed E-state index contributed by atoms with van der Waals surface area (Å²) in [6, 6.07) is 12.5. The molecule has 0 aromatic heterocycles. The third-order valence-electron chi connectivity index (χ3n) is 6.97. The molecule has 0 bridgehead atoms. The zero-order valence-corrected chi connectivity index (χ0v) is 21.9. The average Bonchev–Trinajstić information content (AvgIpc) is 2.94. The standard InChI is InChI=1S/C32H34F4O2/c1-3-5-7-9-23-15-16-25(30(34)29(23)33)21-11-13-22(14-12-21)26-17-18-27(32(36)31(26)35)24-19-37-28(38-20-24)10-8-6-4-2/h5,7,11-18,24,28H,3-4,6,8-10,19-20H2,1-2H3. The number of hydrogen-bond acceptors (Lipinski definition) is 2. The normalized spacial score (nSPS) is 17.8. The van der Waals surface area contributed by atoms with Crippen LogP contribution in [-0.2, 0) is 15.9 Å². The van der Waals surface area contributed by atoms with Gasteiger partial charge >= 0.3 is 0 Å². The Morgan fingerprint density at radius 3 is 1.92 bits per heavy atom. The van der Waals surface area contributed by atoms with Gasteiger partial charge in [-0.2, -0.15) is 0 Å². The number of rotatable bonds is 10. The van der Waals surface area contributed by atoms with E-state index in [1.54, 1.807) is 42.5 Å². The van der Waals surface area contributed by atoms with Crippen molar-refractivity contribution in [2.45, 2.75) is 64.6 Å². The van der Waals surface area contributed by atoms with Crippen molar-refractivity contribution in [2.24, 2.45) is 0 Å². The van der Waals surface area contributed by atoms with Crippen LogP contribution >= 0.6 is 0 Å². The van der Waals surface area contributed by atoms with Gasteiger partial charge in [0.15, 0.2) is 29.6 Å². The van der Waals surface area contributed by atoms with Crippen LogP contribution in [0.25, 0.3) is 22.3 Å². The second-order valence-corrected chi connectivity index (χ2v) is 9.68. The minimum atomic E-state index is -0.956. The van der Waals surface area contributed by atoms with Gasteiger partial charge < -0.3 is 9.47 Å². The zero-order valence-electron chi connectivity index (χ0n) is 21.9. The van der Waals surface area contributed by atoms with Gasteiger partial charge in [0.25, 0.3) is 0 Å². The first-order valence-electron chi connectivity index (χ1n) is 13.4. The molecule has 0 spiro atoms. The van der Waals surface area contributed by atoms with Crippen molar-refractivity contribution in [3.63, 3.8) is 0 Å². The summed E-state index contributed by atoms with van der Waals surface area (Å²) in [7, 11) is 0. The van der Waals surface area contributed by atoms with Crippen LogP contribution in [0.5, 0.6) is 0 Å². The second-order valence-electron chi connectivity index (χ2n) is 9.68. The smallest absolute Gasteiger partial charge is 0.166 e. The summed E-state index contributed by atoms with van der Waals surface area (Å²) in [6.07, 6.45) is 8.56. The zero-order chi connectivity index (χ0) is 27.1. The van der Waals surface area contributed by atoms with Gasteiger partial charge in [0, 0.05) is 17.0 Å².